The van der Waals surface area contributed by atoms with Gasteiger partial charge in [0.15, 0.2) is 0 Å². The Kier molecular flexibility index (Phi) is 4.02. The molecule has 0 spiro atoms. The van der Waals surface area contributed by atoms with E-state index in [0.29, 0.717) is 12.2 Å². The Balaban J connectivity index is 1.73. The quantitative estimate of drug-likeness (QED) is 0.905. The van der Waals surface area contributed by atoms with Gasteiger partial charge in [-0.2, -0.15) is 13.2 Å². The maximum absolute atomic E-state index is 12.5. The van der Waals surface area contributed by atoms with Crippen molar-refractivity contribution in [2.24, 2.45) is 0 Å². The van der Waals surface area contributed by atoms with E-state index < -0.39 is 17.3 Å². The van der Waals surface area contributed by atoms with Crippen molar-refractivity contribution in [2.45, 2.75) is 31.0 Å². The molecule has 23 heavy (non-hydrogen) atoms. The number of pyridine rings is 1. The summed E-state index contributed by atoms with van der Waals surface area (Å²) in [6.07, 6.45) is -1.20. The lowest BCUT2D eigenvalue weighted by Crippen LogP contribution is -2.37. The van der Waals surface area contributed by atoms with Crippen LogP contribution in [0.3, 0.4) is 0 Å². The van der Waals surface area contributed by atoms with Crippen molar-refractivity contribution < 1.29 is 18.3 Å². The Hall–Kier alpha value is -2.08. The molecule has 0 saturated heterocycles. The number of hydrogen-bond acceptors (Lipinski definition) is 3. The van der Waals surface area contributed by atoms with Crippen LogP contribution in [0.5, 0.6) is 0 Å². The topological polar surface area (TPSA) is 45.1 Å². The fraction of sp³-hybridized carbons (Fsp3) is 0.353. The summed E-state index contributed by atoms with van der Waals surface area (Å²) >= 11 is 0. The number of benzene rings is 1. The number of nitrogens with one attached hydrogen (secondary N) is 1. The molecule has 1 heterocycles. The molecule has 3 rings (SSSR count). The summed E-state index contributed by atoms with van der Waals surface area (Å²) in [7, 11) is 0. The SMILES string of the molecule is OC1(CNc2ccc(C(F)(F)F)cn2)CCCc2ccccc21. The molecule has 0 amide bonds. The fourth-order valence-corrected chi connectivity index (χ4v) is 2.98. The maximum atomic E-state index is 12.5. The molecule has 2 aromatic rings. The minimum absolute atomic E-state index is 0.211. The summed E-state index contributed by atoms with van der Waals surface area (Å²) in [4.78, 5) is 3.77. The lowest BCUT2D eigenvalue weighted by atomic mass is 9.79. The highest BCUT2D eigenvalue weighted by atomic mass is 19.4. The van der Waals surface area contributed by atoms with Gasteiger partial charge in [0.2, 0.25) is 0 Å². The van der Waals surface area contributed by atoms with E-state index >= 15 is 0 Å². The number of alkyl halides is 3. The number of anilines is 1. The summed E-state index contributed by atoms with van der Waals surface area (Å²) in [5, 5.41) is 13.8. The van der Waals surface area contributed by atoms with E-state index in [2.05, 4.69) is 10.3 Å². The molecule has 1 unspecified atom stereocenters. The van der Waals surface area contributed by atoms with Gasteiger partial charge in [0.1, 0.15) is 11.4 Å². The average Bonchev–Trinajstić information content (AvgIpc) is 2.53. The molecule has 0 bridgehead atoms. The van der Waals surface area contributed by atoms with Crippen molar-refractivity contribution in [2.75, 3.05) is 11.9 Å². The van der Waals surface area contributed by atoms with Crippen molar-refractivity contribution >= 4 is 5.82 Å². The molecule has 0 fully saturated rings. The van der Waals surface area contributed by atoms with E-state index in [1.807, 2.05) is 24.3 Å². The highest BCUT2D eigenvalue weighted by molar-refractivity contribution is 5.40. The summed E-state index contributed by atoms with van der Waals surface area (Å²) in [5.74, 6) is 0.314. The Labute approximate surface area is 132 Å². The highest BCUT2D eigenvalue weighted by Crippen LogP contribution is 2.35. The molecule has 3 nitrogen and oxygen atoms in total. The number of hydrogen-bond donors (Lipinski definition) is 2. The number of fused-ring (bicyclic) bond motifs is 1. The molecule has 1 aromatic heterocycles. The molecule has 0 radical (unpaired) electrons. The van der Waals surface area contributed by atoms with Crippen molar-refractivity contribution in [3.63, 3.8) is 0 Å². The van der Waals surface area contributed by atoms with E-state index in [1.54, 1.807) is 0 Å². The van der Waals surface area contributed by atoms with Crippen molar-refractivity contribution in [1.82, 2.24) is 4.98 Å². The van der Waals surface area contributed by atoms with E-state index in [0.717, 1.165) is 36.2 Å². The monoisotopic (exact) mass is 322 g/mol. The zero-order valence-electron chi connectivity index (χ0n) is 12.4. The van der Waals surface area contributed by atoms with Crippen LogP contribution in [0.2, 0.25) is 0 Å². The van der Waals surface area contributed by atoms with Crippen LogP contribution < -0.4 is 5.32 Å². The number of aryl methyl sites for hydroxylation is 1. The van der Waals surface area contributed by atoms with Crippen LogP contribution >= 0.6 is 0 Å². The first-order chi connectivity index (χ1) is 10.9. The second kappa shape index (κ2) is 5.85. The summed E-state index contributed by atoms with van der Waals surface area (Å²) in [6.45, 7) is 0.211. The van der Waals surface area contributed by atoms with Gasteiger partial charge in [0.05, 0.1) is 5.56 Å². The smallest absolute Gasteiger partial charge is 0.383 e. The zero-order chi connectivity index (χ0) is 16.5. The molecule has 122 valence electrons. The van der Waals surface area contributed by atoms with Gasteiger partial charge in [-0.3, -0.25) is 0 Å². The highest BCUT2D eigenvalue weighted by Gasteiger charge is 2.34. The molecule has 0 aliphatic heterocycles. The largest absolute Gasteiger partial charge is 0.417 e. The number of aromatic nitrogens is 1. The maximum Gasteiger partial charge on any atom is 0.417 e. The van der Waals surface area contributed by atoms with Crippen LogP contribution in [0.1, 0.15) is 29.5 Å². The first-order valence-corrected chi connectivity index (χ1v) is 7.46. The Morgan fingerprint density at radius 1 is 1.17 bits per heavy atom. The van der Waals surface area contributed by atoms with Crippen molar-refractivity contribution in [1.29, 1.82) is 0 Å². The first kappa shape index (κ1) is 15.8. The van der Waals surface area contributed by atoms with Gasteiger partial charge in [-0.15, -0.1) is 0 Å². The number of aliphatic hydroxyl groups is 1. The molecule has 1 aromatic carbocycles. The van der Waals surface area contributed by atoms with Gasteiger partial charge >= 0.3 is 6.18 Å². The Bertz CT molecular complexity index is 685. The molecular formula is C17H17F3N2O. The predicted octanol–water partition coefficient (Wildman–Crippen LogP) is 3.74. The summed E-state index contributed by atoms with van der Waals surface area (Å²) < 4.78 is 37.6. The van der Waals surface area contributed by atoms with E-state index in [9.17, 15) is 18.3 Å². The average molecular weight is 322 g/mol. The molecule has 0 saturated carbocycles. The standard InChI is InChI=1S/C17H17F3N2O/c18-17(19,20)13-7-8-15(21-10-13)22-11-16(23)9-3-5-12-4-1-2-6-14(12)16/h1-2,4,6-8,10,23H,3,5,9,11H2,(H,21,22). The minimum Gasteiger partial charge on any atom is -0.383 e. The third kappa shape index (κ3) is 3.32. The van der Waals surface area contributed by atoms with E-state index in [4.69, 9.17) is 0 Å². The Morgan fingerprint density at radius 2 is 1.96 bits per heavy atom. The van der Waals surface area contributed by atoms with Gasteiger partial charge in [0, 0.05) is 12.7 Å². The predicted molar refractivity (Wildman–Crippen MR) is 81.0 cm³/mol. The molecule has 2 N–H and O–H groups in total. The van der Waals surface area contributed by atoms with Gasteiger partial charge in [-0.1, -0.05) is 24.3 Å². The number of rotatable bonds is 3. The molecule has 6 heteroatoms. The van der Waals surface area contributed by atoms with Crippen molar-refractivity contribution in [3.8, 4) is 0 Å². The Morgan fingerprint density at radius 3 is 2.65 bits per heavy atom. The van der Waals surface area contributed by atoms with Crippen molar-refractivity contribution in [3.05, 3.63) is 59.3 Å². The fourth-order valence-electron chi connectivity index (χ4n) is 2.98. The summed E-state index contributed by atoms with van der Waals surface area (Å²) in [5.41, 5.74) is 0.179. The minimum atomic E-state index is -4.40. The lowest BCUT2D eigenvalue weighted by molar-refractivity contribution is -0.137. The van der Waals surface area contributed by atoms with Crippen LogP contribution in [-0.2, 0) is 18.2 Å². The van der Waals surface area contributed by atoms with Gasteiger partial charge in [0.25, 0.3) is 0 Å². The van der Waals surface area contributed by atoms with Gasteiger partial charge < -0.3 is 10.4 Å². The molecular weight excluding hydrogens is 305 g/mol. The molecule has 1 atom stereocenters. The number of halogens is 3. The third-order valence-electron chi connectivity index (χ3n) is 4.21. The van der Waals surface area contributed by atoms with E-state index in [-0.39, 0.29) is 6.54 Å². The normalized spacial score (nSPS) is 20.9. The molecule has 1 aliphatic rings. The van der Waals surface area contributed by atoms with Crippen LogP contribution in [0.25, 0.3) is 0 Å². The second-order valence-corrected chi connectivity index (χ2v) is 5.83. The van der Waals surface area contributed by atoms with Crippen LogP contribution in [0.4, 0.5) is 19.0 Å². The van der Waals surface area contributed by atoms with Crippen LogP contribution in [0, 0.1) is 0 Å². The van der Waals surface area contributed by atoms with Gasteiger partial charge in [-0.05, 0) is 42.5 Å². The van der Waals surface area contributed by atoms with Crippen LogP contribution in [-0.4, -0.2) is 16.6 Å². The first-order valence-electron chi connectivity index (χ1n) is 7.46. The van der Waals surface area contributed by atoms with Gasteiger partial charge in [-0.25, -0.2) is 4.98 Å². The van der Waals surface area contributed by atoms with E-state index in [1.165, 1.54) is 6.07 Å². The second-order valence-electron chi connectivity index (χ2n) is 5.83. The molecule has 1 aliphatic carbocycles. The zero-order valence-corrected chi connectivity index (χ0v) is 12.4. The number of nitrogens with zero attached hydrogens (tertiary/aromatic N) is 1. The van der Waals surface area contributed by atoms with Crippen LogP contribution in [0.15, 0.2) is 42.6 Å². The lowest BCUT2D eigenvalue weighted by Gasteiger charge is -2.34. The third-order valence-corrected chi connectivity index (χ3v) is 4.21. The summed E-state index contributed by atoms with van der Waals surface area (Å²) in [6, 6.07) is 9.97.